The quantitative estimate of drug-likeness (QED) is 0.894. The average Bonchev–Trinajstić information content (AvgIpc) is 2.37. The summed E-state index contributed by atoms with van der Waals surface area (Å²) in [4.78, 5) is 11.8. The lowest BCUT2D eigenvalue weighted by Crippen LogP contribution is -2.38. The van der Waals surface area contributed by atoms with E-state index in [1.165, 1.54) is 0 Å². The van der Waals surface area contributed by atoms with Crippen LogP contribution in [0.5, 0.6) is 5.75 Å². The van der Waals surface area contributed by atoms with Crippen molar-refractivity contribution in [2.24, 2.45) is 0 Å². The molecule has 0 atom stereocenters. The molecule has 22 heavy (non-hydrogen) atoms. The average molecular weight is 307 g/mol. The standard InChI is InChI=1S/C17H25NO4/c1-16(2,3)22-15(20)18-12-6-7-13(14(10-12)21-4)17(11-19)8-5-9-17/h6-7,10,19H,5,8-9,11H2,1-4H3,(H,18,20). The van der Waals surface area contributed by atoms with Crippen molar-refractivity contribution in [3.05, 3.63) is 23.8 Å². The van der Waals surface area contributed by atoms with Gasteiger partial charge >= 0.3 is 6.09 Å². The summed E-state index contributed by atoms with van der Waals surface area (Å²) in [6.07, 6.45) is 2.53. The molecule has 0 radical (unpaired) electrons. The van der Waals surface area contributed by atoms with Gasteiger partial charge in [-0.05, 0) is 39.7 Å². The van der Waals surface area contributed by atoms with Gasteiger partial charge in [0.1, 0.15) is 11.4 Å². The lowest BCUT2D eigenvalue weighted by atomic mass is 9.65. The van der Waals surface area contributed by atoms with Crippen molar-refractivity contribution < 1.29 is 19.4 Å². The number of rotatable bonds is 4. The van der Waals surface area contributed by atoms with Gasteiger partial charge in [-0.1, -0.05) is 12.5 Å². The minimum Gasteiger partial charge on any atom is -0.496 e. The fourth-order valence-electron chi connectivity index (χ4n) is 2.74. The van der Waals surface area contributed by atoms with E-state index in [4.69, 9.17) is 9.47 Å². The van der Waals surface area contributed by atoms with E-state index in [0.717, 1.165) is 24.8 Å². The number of anilines is 1. The topological polar surface area (TPSA) is 67.8 Å². The first-order valence-electron chi connectivity index (χ1n) is 7.59. The molecule has 5 nitrogen and oxygen atoms in total. The first-order valence-corrected chi connectivity index (χ1v) is 7.59. The van der Waals surface area contributed by atoms with Crippen LogP contribution in [-0.4, -0.2) is 30.5 Å². The van der Waals surface area contributed by atoms with Crippen LogP contribution in [0.1, 0.15) is 45.6 Å². The van der Waals surface area contributed by atoms with E-state index in [1.807, 2.05) is 32.9 Å². The zero-order valence-electron chi connectivity index (χ0n) is 13.7. The van der Waals surface area contributed by atoms with Gasteiger partial charge in [-0.25, -0.2) is 4.79 Å². The Hall–Kier alpha value is -1.75. The molecule has 0 aliphatic heterocycles. The fourth-order valence-corrected chi connectivity index (χ4v) is 2.74. The smallest absolute Gasteiger partial charge is 0.412 e. The monoisotopic (exact) mass is 307 g/mol. The number of benzene rings is 1. The number of nitrogens with one attached hydrogen (secondary N) is 1. The van der Waals surface area contributed by atoms with Gasteiger partial charge in [-0.15, -0.1) is 0 Å². The highest BCUT2D eigenvalue weighted by atomic mass is 16.6. The number of amides is 1. The Balaban J connectivity index is 2.17. The fraction of sp³-hybridized carbons (Fsp3) is 0.588. The highest BCUT2D eigenvalue weighted by molar-refractivity contribution is 5.85. The maximum absolute atomic E-state index is 11.8. The molecule has 0 spiro atoms. The number of carbonyl (C=O) groups is 1. The molecule has 0 bridgehead atoms. The van der Waals surface area contributed by atoms with Crippen molar-refractivity contribution in [3.8, 4) is 5.75 Å². The van der Waals surface area contributed by atoms with Gasteiger partial charge in [-0.3, -0.25) is 5.32 Å². The second-order valence-electron chi connectivity index (χ2n) is 6.83. The third-order valence-corrected chi connectivity index (χ3v) is 4.03. The highest BCUT2D eigenvalue weighted by Crippen LogP contribution is 2.47. The van der Waals surface area contributed by atoms with Crippen LogP contribution in [0.15, 0.2) is 18.2 Å². The maximum Gasteiger partial charge on any atom is 0.412 e. The summed E-state index contributed by atoms with van der Waals surface area (Å²) in [7, 11) is 1.60. The van der Waals surface area contributed by atoms with Crippen LogP contribution in [0.4, 0.5) is 10.5 Å². The number of methoxy groups -OCH3 is 1. The highest BCUT2D eigenvalue weighted by Gasteiger charge is 2.40. The molecule has 1 fully saturated rings. The number of ether oxygens (including phenoxy) is 2. The van der Waals surface area contributed by atoms with Gasteiger partial charge in [0.05, 0.1) is 13.7 Å². The summed E-state index contributed by atoms with van der Waals surface area (Å²) in [5.41, 5.74) is 0.873. The van der Waals surface area contributed by atoms with Gasteiger partial charge in [0.15, 0.2) is 0 Å². The van der Waals surface area contributed by atoms with Gasteiger partial charge in [-0.2, -0.15) is 0 Å². The molecule has 2 rings (SSSR count). The van der Waals surface area contributed by atoms with Crippen molar-refractivity contribution in [1.82, 2.24) is 0 Å². The predicted octanol–water partition coefficient (Wildman–Crippen LogP) is 3.46. The maximum atomic E-state index is 11.8. The third-order valence-electron chi connectivity index (χ3n) is 4.03. The van der Waals surface area contributed by atoms with Crippen molar-refractivity contribution in [1.29, 1.82) is 0 Å². The summed E-state index contributed by atoms with van der Waals surface area (Å²) in [5.74, 6) is 0.683. The largest absolute Gasteiger partial charge is 0.496 e. The van der Waals surface area contributed by atoms with Crippen LogP contribution >= 0.6 is 0 Å². The summed E-state index contributed by atoms with van der Waals surface area (Å²) >= 11 is 0. The van der Waals surface area contributed by atoms with Crippen molar-refractivity contribution in [2.75, 3.05) is 19.0 Å². The Labute approximate surface area is 131 Å². The second-order valence-corrected chi connectivity index (χ2v) is 6.83. The molecular weight excluding hydrogens is 282 g/mol. The number of hydrogen-bond acceptors (Lipinski definition) is 4. The molecule has 1 saturated carbocycles. The van der Waals surface area contributed by atoms with E-state index in [1.54, 1.807) is 13.2 Å². The third kappa shape index (κ3) is 3.53. The molecule has 1 aromatic rings. The van der Waals surface area contributed by atoms with Gasteiger partial charge in [0.2, 0.25) is 0 Å². The van der Waals surface area contributed by atoms with Gasteiger partial charge in [0, 0.05) is 22.7 Å². The minimum atomic E-state index is -0.541. The molecule has 1 amide bonds. The Morgan fingerprint density at radius 3 is 2.50 bits per heavy atom. The molecular formula is C17H25NO4. The molecule has 2 N–H and O–H groups in total. The van der Waals surface area contributed by atoms with Gasteiger partial charge in [0.25, 0.3) is 0 Å². The Kier molecular flexibility index (Phi) is 4.66. The zero-order chi connectivity index (χ0) is 16.4. The van der Waals surface area contributed by atoms with E-state index in [-0.39, 0.29) is 12.0 Å². The molecule has 0 aromatic heterocycles. The van der Waals surface area contributed by atoms with E-state index < -0.39 is 11.7 Å². The number of hydrogen-bond donors (Lipinski definition) is 2. The summed E-state index contributed by atoms with van der Waals surface area (Å²) in [5, 5.41) is 12.4. The van der Waals surface area contributed by atoms with E-state index >= 15 is 0 Å². The first-order chi connectivity index (χ1) is 10.3. The Bertz CT molecular complexity index is 539. The molecule has 122 valence electrons. The zero-order valence-corrected chi connectivity index (χ0v) is 13.7. The normalized spacial score (nSPS) is 16.6. The van der Waals surface area contributed by atoms with E-state index in [2.05, 4.69) is 5.32 Å². The molecule has 1 aliphatic carbocycles. The Morgan fingerprint density at radius 2 is 2.05 bits per heavy atom. The molecule has 0 saturated heterocycles. The van der Waals surface area contributed by atoms with Crippen LogP contribution in [0.25, 0.3) is 0 Å². The van der Waals surface area contributed by atoms with E-state index in [9.17, 15) is 9.90 Å². The van der Waals surface area contributed by atoms with Crippen LogP contribution in [0, 0.1) is 0 Å². The summed E-state index contributed by atoms with van der Waals surface area (Å²) in [6, 6.07) is 5.51. The SMILES string of the molecule is COc1cc(NC(=O)OC(C)(C)C)ccc1C1(CO)CCC1. The van der Waals surface area contributed by atoms with Crippen LogP contribution in [-0.2, 0) is 10.2 Å². The molecule has 0 heterocycles. The lowest BCUT2D eigenvalue weighted by molar-refractivity contribution is 0.0636. The first kappa shape index (κ1) is 16.6. The van der Waals surface area contributed by atoms with Gasteiger partial charge < -0.3 is 14.6 Å². The van der Waals surface area contributed by atoms with Crippen LogP contribution in [0.3, 0.4) is 0 Å². The molecule has 5 heteroatoms. The number of aliphatic hydroxyl groups excluding tert-OH is 1. The van der Waals surface area contributed by atoms with E-state index in [0.29, 0.717) is 11.4 Å². The van der Waals surface area contributed by atoms with Crippen molar-refractivity contribution in [3.63, 3.8) is 0 Å². The minimum absolute atomic E-state index is 0.113. The second kappa shape index (κ2) is 6.16. The van der Waals surface area contributed by atoms with Crippen molar-refractivity contribution in [2.45, 2.75) is 51.0 Å². The van der Waals surface area contributed by atoms with Crippen molar-refractivity contribution >= 4 is 11.8 Å². The summed E-state index contributed by atoms with van der Waals surface area (Å²) in [6.45, 7) is 5.57. The van der Waals surface area contributed by atoms with Crippen LogP contribution in [0.2, 0.25) is 0 Å². The summed E-state index contributed by atoms with van der Waals surface area (Å²) < 4.78 is 10.7. The lowest BCUT2D eigenvalue weighted by Gasteiger charge is -2.41. The number of carbonyl (C=O) groups excluding carboxylic acids is 1. The molecule has 1 aliphatic rings. The number of aliphatic hydroxyl groups is 1. The molecule has 1 aromatic carbocycles. The molecule has 0 unspecified atom stereocenters. The predicted molar refractivity (Wildman–Crippen MR) is 85.5 cm³/mol. The Morgan fingerprint density at radius 1 is 1.36 bits per heavy atom. The van der Waals surface area contributed by atoms with Crippen LogP contribution < -0.4 is 10.1 Å².